The van der Waals surface area contributed by atoms with Crippen LogP contribution in [0.5, 0.6) is 0 Å². The van der Waals surface area contributed by atoms with E-state index in [2.05, 4.69) is 22.4 Å². The van der Waals surface area contributed by atoms with Gasteiger partial charge in [0.25, 0.3) is 5.91 Å². The van der Waals surface area contributed by atoms with Gasteiger partial charge in [-0.15, -0.1) is 0 Å². The molecule has 1 atom stereocenters. The molecule has 0 unspecified atom stereocenters. The Bertz CT molecular complexity index is 807. The Balaban J connectivity index is 1.55. The predicted molar refractivity (Wildman–Crippen MR) is 95.6 cm³/mol. The molecule has 1 amide bonds. The van der Waals surface area contributed by atoms with Crippen molar-refractivity contribution in [2.24, 2.45) is 0 Å². The summed E-state index contributed by atoms with van der Waals surface area (Å²) in [4.78, 5) is 28.1. The quantitative estimate of drug-likeness (QED) is 0.657. The second-order valence-corrected chi connectivity index (χ2v) is 6.45. The number of benzene rings is 1. The smallest absolute Gasteiger partial charge is 0.311 e. The molecular weight excluding hydrogens is 340 g/mol. The average Bonchev–Trinajstić information content (AvgIpc) is 3.04. The minimum absolute atomic E-state index is 0.151. The second-order valence-electron chi connectivity index (χ2n) is 6.10. The van der Waals surface area contributed by atoms with Crippen molar-refractivity contribution in [1.29, 1.82) is 0 Å². The second kappa shape index (κ2) is 7.66. The monoisotopic (exact) mass is 358 g/mol. The maximum Gasteiger partial charge on any atom is 0.311 e. The van der Waals surface area contributed by atoms with E-state index < -0.39 is 18.0 Å². The molecule has 1 aliphatic rings. The minimum atomic E-state index is -0.918. The van der Waals surface area contributed by atoms with Crippen LogP contribution in [0.1, 0.15) is 30.0 Å². The SMILES string of the molecule is C[C@H](OC(=O)Cc1ccc2c(c1)CCC2)C(=O)Nc1cccnc1Cl. The molecule has 1 heterocycles. The van der Waals surface area contributed by atoms with Gasteiger partial charge in [0, 0.05) is 6.20 Å². The standard InChI is InChI=1S/C19H19ClN2O3/c1-12(19(24)22-16-6-3-9-21-18(16)20)25-17(23)11-13-7-8-14-4-2-5-15(14)10-13/h3,6-10,12H,2,4-5,11H2,1H3,(H,22,24)/t12-/m0/s1. The molecule has 3 rings (SSSR count). The number of hydrogen-bond donors (Lipinski definition) is 1. The molecule has 0 bridgehead atoms. The fourth-order valence-electron chi connectivity index (χ4n) is 2.91. The molecule has 1 aromatic heterocycles. The molecule has 0 saturated heterocycles. The third kappa shape index (κ3) is 4.37. The Labute approximate surface area is 151 Å². The van der Waals surface area contributed by atoms with Crippen LogP contribution in [0.15, 0.2) is 36.5 Å². The normalized spacial score (nSPS) is 13.8. The van der Waals surface area contributed by atoms with E-state index in [-0.39, 0.29) is 11.6 Å². The van der Waals surface area contributed by atoms with Crippen molar-refractivity contribution in [1.82, 2.24) is 4.98 Å². The van der Waals surface area contributed by atoms with E-state index in [9.17, 15) is 9.59 Å². The molecule has 130 valence electrons. The molecule has 2 aromatic rings. The lowest BCUT2D eigenvalue weighted by Crippen LogP contribution is -2.30. The van der Waals surface area contributed by atoms with Gasteiger partial charge in [-0.1, -0.05) is 29.8 Å². The summed E-state index contributed by atoms with van der Waals surface area (Å²) in [5.41, 5.74) is 3.96. The van der Waals surface area contributed by atoms with E-state index in [1.165, 1.54) is 24.2 Å². The topological polar surface area (TPSA) is 68.3 Å². The third-order valence-electron chi connectivity index (χ3n) is 4.21. The first-order valence-electron chi connectivity index (χ1n) is 8.24. The summed E-state index contributed by atoms with van der Waals surface area (Å²) in [5, 5.41) is 2.79. The van der Waals surface area contributed by atoms with Gasteiger partial charge in [-0.05, 0) is 55.0 Å². The van der Waals surface area contributed by atoms with E-state index >= 15 is 0 Å². The number of carbonyl (C=O) groups is 2. The molecule has 1 N–H and O–H groups in total. The zero-order valence-electron chi connectivity index (χ0n) is 13.9. The first-order chi connectivity index (χ1) is 12.0. The molecule has 0 aliphatic heterocycles. The van der Waals surface area contributed by atoms with Crippen LogP contribution >= 0.6 is 11.6 Å². The van der Waals surface area contributed by atoms with Crippen molar-refractivity contribution in [3.05, 3.63) is 58.4 Å². The highest BCUT2D eigenvalue weighted by Crippen LogP contribution is 2.23. The third-order valence-corrected chi connectivity index (χ3v) is 4.51. The zero-order chi connectivity index (χ0) is 17.8. The summed E-state index contributed by atoms with van der Waals surface area (Å²) in [7, 11) is 0. The number of aryl methyl sites for hydroxylation is 2. The summed E-state index contributed by atoms with van der Waals surface area (Å²) in [6, 6.07) is 9.37. The number of halogens is 1. The molecule has 0 spiro atoms. The van der Waals surface area contributed by atoms with Crippen molar-refractivity contribution in [2.45, 2.75) is 38.7 Å². The molecule has 5 nitrogen and oxygen atoms in total. The molecule has 0 fully saturated rings. The number of rotatable bonds is 5. The maximum atomic E-state index is 12.1. The number of nitrogens with one attached hydrogen (secondary N) is 1. The molecule has 1 aromatic carbocycles. The van der Waals surface area contributed by atoms with Crippen molar-refractivity contribution in [2.75, 3.05) is 5.32 Å². The number of fused-ring (bicyclic) bond motifs is 1. The number of pyridine rings is 1. The Morgan fingerprint density at radius 1 is 1.28 bits per heavy atom. The summed E-state index contributed by atoms with van der Waals surface area (Å²) in [5.74, 6) is -0.880. The summed E-state index contributed by atoms with van der Waals surface area (Å²) < 4.78 is 5.23. The summed E-state index contributed by atoms with van der Waals surface area (Å²) >= 11 is 5.90. The van der Waals surface area contributed by atoms with Gasteiger partial charge in [0.05, 0.1) is 12.1 Å². The van der Waals surface area contributed by atoms with Crippen LogP contribution < -0.4 is 5.32 Å². The van der Waals surface area contributed by atoms with E-state index in [1.807, 2.05) is 6.07 Å². The number of amides is 1. The Morgan fingerprint density at radius 2 is 2.08 bits per heavy atom. The first-order valence-corrected chi connectivity index (χ1v) is 8.62. The highest BCUT2D eigenvalue weighted by atomic mass is 35.5. The lowest BCUT2D eigenvalue weighted by molar-refractivity contribution is -0.152. The van der Waals surface area contributed by atoms with E-state index in [0.29, 0.717) is 5.69 Å². The van der Waals surface area contributed by atoms with E-state index in [4.69, 9.17) is 16.3 Å². The number of ether oxygens (including phenoxy) is 1. The fourth-order valence-corrected chi connectivity index (χ4v) is 3.07. The van der Waals surface area contributed by atoms with Gasteiger partial charge in [0.2, 0.25) is 0 Å². The highest BCUT2D eigenvalue weighted by molar-refractivity contribution is 6.32. The molecule has 0 saturated carbocycles. The van der Waals surface area contributed by atoms with Crippen LogP contribution in [0.2, 0.25) is 5.15 Å². The number of carbonyl (C=O) groups excluding carboxylic acids is 2. The maximum absolute atomic E-state index is 12.1. The zero-order valence-corrected chi connectivity index (χ0v) is 14.7. The van der Waals surface area contributed by atoms with Gasteiger partial charge in [-0.3, -0.25) is 9.59 Å². The van der Waals surface area contributed by atoms with Gasteiger partial charge in [0.15, 0.2) is 11.3 Å². The van der Waals surface area contributed by atoms with Crippen LogP contribution in [-0.2, 0) is 33.6 Å². The van der Waals surface area contributed by atoms with Crippen molar-refractivity contribution in [3.8, 4) is 0 Å². The summed E-state index contributed by atoms with van der Waals surface area (Å²) in [6.45, 7) is 1.53. The fraction of sp³-hybridized carbons (Fsp3) is 0.316. The molecule has 0 radical (unpaired) electrons. The minimum Gasteiger partial charge on any atom is -0.452 e. The molecular formula is C19H19ClN2O3. The number of esters is 1. The van der Waals surface area contributed by atoms with E-state index in [1.54, 1.807) is 12.1 Å². The Kier molecular flexibility index (Phi) is 5.34. The van der Waals surface area contributed by atoms with Gasteiger partial charge >= 0.3 is 5.97 Å². The predicted octanol–water partition coefficient (Wildman–Crippen LogP) is 3.34. The number of hydrogen-bond acceptors (Lipinski definition) is 4. The van der Waals surface area contributed by atoms with E-state index in [0.717, 1.165) is 24.8 Å². The van der Waals surface area contributed by atoms with Crippen LogP contribution in [0.25, 0.3) is 0 Å². The van der Waals surface area contributed by atoms with Gasteiger partial charge in [-0.2, -0.15) is 0 Å². The van der Waals surface area contributed by atoms with Gasteiger partial charge in [0.1, 0.15) is 0 Å². The van der Waals surface area contributed by atoms with Gasteiger partial charge in [-0.25, -0.2) is 4.98 Å². The Morgan fingerprint density at radius 3 is 2.88 bits per heavy atom. The number of anilines is 1. The van der Waals surface area contributed by atoms with Crippen LogP contribution in [0.3, 0.4) is 0 Å². The van der Waals surface area contributed by atoms with Crippen LogP contribution in [0.4, 0.5) is 5.69 Å². The highest BCUT2D eigenvalue weighted by Gasteiger charge is 2.20. The summed E-state index contributed by atoms with van der Waals surface area (Å²) in [6.07, 6.45) is 4.09. The largest absolute Gasteiger partial charge is 0.452 e. The van der Waals surface area contributed by atoms with Crippen LogP contribution in [0, 0.1) is 0 Å². The van der Waals surface area contributed by atoms with Crippen LogP contribution in [-0.4, -0.2) is 23.0 Å². The number of aromatic nitrogens is 1. The Hall–Kier alpha value is -2.40. The molecule has 1 aliphatic carbocycles. The van der Waals surface area contributed by atoms with Crippen molar-refractivity contribution < 1.29 is 14.3 Å². The number of nitrogens with zero attached hydrogens (tertiary/aromatic N) is 1. The molecule has 6 heteroatoms. The van der Waals surface area contributed by atoms with Crippen molar-refractivity contribution >= 4 is 29.2 Å². The molecule has 25 heavy (non-hydrogen) atoms. The average molecular weight is 359 g/mol. The lowest BCUT2D eigenvalue weighted by Gasteiger charge is -2.14. The first kappa shape index (κ1) is 17.4. The lowest BCUT2D eigenvalue weighted by atomic mass is 10.0. The van der Waals surface area contributed by atoms with Gasteiger partial charge < -0.3 is 10.1 Å². The van der Waals surface area contributed by atoms with Crippen molar-refractivity contribution in [3.63, 3.8) is 0 Å².